The molecule has 15 heavy (non-hydrogen) atoms. The normalized spacial score (nSPS) is 10.4. The van der Waals surface area contributed by atoms with Crippen LogP contribution in [0.1, 0.15) is 43.0 Å². The van der Waals surface area contributed by atoms with E-state index in [1.807, 2.05) is 6.08 Å². The molecule has 0 saturated carbocycles. The molecule has 0 bridgehead atoms. The number of rotatable bonds is 4. The fourth-order valence-corrected chi connectivity index (χ4v) is 2.79. The van der Waals surface area contributed by atoms with Crippen LogP contribution in [0.25, 0.3) is 6.08 Å². The van der Waals surface area contributed by atoms with E-state index < -0.39 is 0 Å². The van der Waals surface area contributed by atoms with Gasteiger partial charge in [-0.05, 0) is 41.5 Å². The van der Waals surface area contributed by atoms with Gasteiger partial charge in [-0.3, -0.25) is 0 Å². The first-order valence-corrected chi connectivity index (χ1v) is 6.21. The van der Waals surface area contributed by atoms with Gasteiger partial charge >= 0.3 is 0 Å². The van der Waals surface area contributed by atoms with Crippen LogP contribution in [0.4, 0.5) is 0 Å². The first-order chi connectivity index (χ1) is 7.19. The lowest BCUT2D eigenvalue weighted by Crippen LogP contribution is -2.19. The largest absolute Gasteiger partial charge is 0.0985 e. The highest BCUT2D eigenvalue weighted by Gasteiger charge is 2.09. The van der Waals surface area contributed by atoms with Gasteiger partial charge in [-0.25, -0.2) is 0 Å². The highest BCUT2D eigenvalue weighted by atomic mass is 28.1. The molecule has 3 radical (unpaired) electrons. The third-order valence-electron chi connectivity index (χ3n) is 2.98. The molecule has 1 aromatic rings. The lowest BCUT2D eigenvalue weighted by molar-refractivity contribution is 1.03. The Hall–Kier alpha value is -0.823. The van der Waals surface area contributed by atoms with E-state index in [9.17, 15) is 0 Å². The van der Waals surface area contributed by atoms with Crippen LogP contribution in [-0.2, 0) is 19.3 Å². The van der Waals surface area contributed by atoms with E-state index in [0.29, 0.717) is 0 Å². The van der Waals surface area contributed by atoms with Crippen LogP contribution in [0, 0.1) is 0 Å². The number of benzene rings is 1. The maximum Gasteiger partial charge on any atom is 0.0720 e. The van der Waals surface area contributed by atoms with Gasteiger partial charge in [0.2, 0.25) is 0 Å². The molecule has 0 fully saturated rings. The molecule has 0 saturated heterocycles. The van der Waals surface area contributed by atoms with Crippen molar-refractivity contribution in [2.24, 2.45) is 0 Å². The third kappa shape index (κ3) is 2.23. The van der Waals surface area contributed by atoms with Gasteiger partial charge in [-0.15, -0.1) is 0 Å². The van der Waals surface area contributed by atoms with E-state index in [2.05, 4.69) is 43.7 Å². The van der Waals surface area contributed by atoms with Gasteiger partial charge < -0.3 is 0 Å². The van der Waals surface area contributed by atoms with Crippen LogP contribution < -0.4 is 5.19 Å². The second-order valence-corrected chi connectivity index (χ2v) is 4.22. The first kappa shape index (κ1) is 12.2. The van der Waals surface area contributed by atoms with Crippen LogP contribution in [0.2, 0.25) is 0 Å². The summed E-state index contributed by atoms with van der Waals surface area (Å²) in [4.78, 5) is 0. The summed E-state index contributed by atoms with van der Waals surface area (Å²) in [6.45, 7) is 10.5. The maximum absolute atomic E-state index is 3.89. The van der Waals surface area contributed by atoms with Crippen molar-refractivity contribution in [2.75, 3.05) is 0 Å². The number of hydrogen-bond acceptors (Lipinski definition) is 0. The molecule has 0 heterocycles. The van der Waals surface area contributed by atoms with Crippen molar-refractivity contribution in [3.05, 3.63) is 34.9 Å². The molecular weight excluding hydrogens is 196 g/mol. The molecule has 0 aliphatic rings. The van der Waals surface area contributed by atoms with E-state index in [1.54, 1.807) is 0 Å². The van der Waals surface area contributed by atoms with Crippen molar-refractivity contribution in [3.8, 4) is 0 Å². The van der Waals surface area contributed by atoms with E-state index in [0.717, 1.165) is 19.3 Å². The lowest BCUT2D eigenvalue weighted by Gasteiger charge is -2.16. The van der Waals surface area contributed by atoms with Crippen LogP contribution >= 0.6 is 0 Å². The maximum atomic E-state index is 3.89. The highest BCUT2D eigenvalue weighted by molar-refractivity contribution is 6.34. The highest BCUT2D eigenvalue weighted by Crippen LogP contribution is 2.17. The van der Waals surface area contributed by atoms with Gasteiger partial charge in [0.05, 0.1) is 10.2 Å². The van der Waals surface area contributed by atoms with Crippen molar-refractivity contribution in [1.82, 2.24) is 0 Å². The molecule has 0 atom stereocenters. The van der Waals surface area contributed by atoms with Crippen molar-refractivity contribution in [1.29, 1.82) is 0 Å². The van der Waals surface area contributed by atoms with Gasteiger partial charge in [0.25, 0.3) is 0 Å². The molecule has 0 aliphatic carbocycles. The van der Waals surface area contributed by atoms with Gasteiger partial charge in [-0.2, -0.15) is 0 Å². The Bertz CT molecular complexity index is 364. The summed E-state index contributed by atoms with van der Waals surface area (Å²) in [5, 5.41) is 1.29. The Balaban J connectivity index is 3.48. The summed E-state index contributed by atoms with van der Waals surface area (Å²) in [7, 11) is 3.79. The van der Waals surface area contributed by atoms with Crippen LogP contribution in [-0.4, -0.2) is 10.2 Å². The molecule has 0 N–H and O–H groups in total. The van der Waals surface area contributed by atoms with Crippen molar-refractivity contribution in [3.63, 3.8) is 0 Å². The van der Waals surface area contributed by atoms with Crippen LogP contribution in [0.5, 0.6) is 0 Å². The average molecular weight is 215 g/mol. The Kier molecular flexibility index (Phi) is 4.34. The minimum absolute atomic E-state index is 1.05. The van der Waals surface area contributed by atoms with Gasteiger partial charge in [0.1, 0.15) is 0 Å². The number of hydrogen-bond donors (Lipinski definition) is 0. The van der Waals surface area contributed by atoms with Crippen molar-refractivity contribution >= 4 is 21.5 Å². The Morgan fingerprint density at radius 1 is 1.13 bits per heavy atom. The summed E-state index contributed by atoms with van der Waals surface area (Å²) in [5.74, 6) is 0. The van der Waals surface area contributed by atoms with E-state index >= 15 is 0 Å². The molecule has 0 nitrogen and oxygen atoms in total. The molecule has 1 aromatic carbocycles. The molecule has 0 spiro atoms. The quantitative estimate of drug-likeness (QED) is 0.678. The summed E-state index contributed by atoms with van der Waals surface area (Å²) in [5.41, 5.74) is 5.55. The summed E-state index contributed by atoms with van der Waals surface area (Å²) >= 11 is 0. The minimum atomic E-state index is 1.05. The van der Waals surface area contributed by atoms with E-state index in [-0.39, 0.29) is 0 Å². The van der Waals surface area contributed by atoms with Crippen LogP contribution in [0.3, 0.4) is 0 Å². The average Bonchev–Trinajstić information content (AvgIpc) is 2.27. The summed E-state index contributed by atoms with van der Waals surface area (Å²) in [6, 6.07) is 2.29. The predicted octanol–water partition coefficient (Wildman–Crippen LogP) is 2.81. The zero-order valence-electron chi connectivity index (χ0n) is 9.98. The molecule has 1 heteroatoms. The molecule has 79 valence electrons. The van der Waals surface area contributed by atoms with Crippen molar-refractivity contribution < 1.29 is 0 Å². The number of aryl methyl sites for hydroxylation is 1. The smallest absolute Gasteiger partial charge is 0.0720 e. The monoisotopic (exact) mass is 215 g/mol. The molecule has 0 unspecified atom stereocenters. The molecule has 0 aliphatic heterocycles. The standard InChI is InChI=1S/C14H19Si/c1-5-10-9-11(6-2)13(8-4)14(15)12(10)7-3/h5,9H,1,6-8H2,2-4H3. The third-order valence-corrected chi connectivity index (χ3v) is 3.58. The van der Waals surface area contributed by atoms with Gasteiger partial charge in [-0.1, -0.05) is 44.7 Å². The Labute approximate surface area is 96.8 Å². The van der Waals surface area contributed by atoms with Gasteiger partial charge in [0, 0.05) is 0 Å². The SMILES string of the molecule is C=Cc1cc(CC)c(CC)c([Si])c1CC. The van der Waals surface area contributed by atoms with Crippen LogP contribution in [0.15, 0.2) is 12.6 Å². The second kappa shape index (κ2) is 5.31. The lowest BCUT2D eigenvalue weighted by atomic mass is 9.94. The second-order valence-electron chi connectivity index (χ2n) is 3.72. The Morgan fingerprint density at radius 2 is 1.73 bits per heavy atom. The molecule has 0 amide bonds. The summed E-state index contributed by atoms with van der Waals surface area (Å²) < 4.78 is 0. The first-order valence-electron chi connectivity index (χ1n) is 5.71. The summed E-state index contributed by atoms with van der Waals surface area (Å²) in [6.07, 6.45) is 5.19. The molecular formula is C14H19Si. The molecule has 0 aromatic heterocycles. The Morgan fingerprint density at radius 3 is 2.13 bits per heavy atom. The molecule has 1 rings (SSSR count). The zero-order valence-corrected chi connectivity index (χ0v) is 11.0. The van der Waals surface area contributed by atoms with E-state index in [4.69, 9.17) is 0 Å². The van der Waals surface area contributed by atoms with E-state index in [1.165, 1.54) is 27.4 Å². The van der Waals surface area contributed by atoms with Gasteiger partial charge in [0.15, 0.2) is 0 Å². The minimum Gasteiger partial charge on any atom is -0.0985 e. The zero-order chi connectivity index (χ0) is 11.4. The topological polar surface area (TPSA) is 0 Å². The van der Waals surface area contributed by atoms with Crippen molar-refractivity contribution in [2.45, 2.75) is 40.0 Å². The fraction of sp³-hybridized carbons (Fsp3) is 0.429. The fourth-order valence-electron chi connectivity index (χ4n) is 2.13. The predicted molar refractivity (Wildman–Crippen MR) is 70.1 cm³/mol.